The van der Waals surface area contributed by atoms with Gasteiger partial charge in [0.1, 0.15) is 0 Å². The lowest BCUT2D eigenvalue weighted by molar-refractivity contribution is -0.345. The van der Waals surface area contributed by atoms with Gasteiger partial charge >= 0.3 is 0 Å². The van der Waals surface area contributed by atoms with Crippen LogP contribution in [0.3, 0.4) is 0 Å². The second kappa shape index (κ2) is 14.5. The summed E-state index contributed by atoms with van der Waals surface area (Å²) in [5.74, 6) is 0. The van der Waals surface area contributed by atoms with Crippen LogP contribution in [0.2, 0.25) is 0 Å². The molecular formula is C35H50N2. The average molecular weight is 499 g/mol. The zero-order valence-electron chi connectivity index (χ0n) is 24.6. The molecule has 37 heavy (non-hydrogen) atoms. The number of allylic oxidation sites excluding steroid dienone is 2. The van der Waals surface area contributed by atoms with Gasteiger partial charge in [0.05, 0.1) is 0 Å². The zero-order valence-corrected chi connectivity index (χ0v) is 24.6. The Balaban J connectivity index is 2.11. The lowest BCUT2D eigenvalue weighted by Crippen LogP contribution is -2.05. The van der Waals surface area contributed by atoms with Crippen LogP contribution in [0.5, 0.6) is 0 Å². The quantitative estimate of drug-likeness (QED) is 0.172. The molecule has 2 aromatic carbocycles. The summed E-state index contributed by atoms with van der Waals surface area (Å²) in [6, 6.07) is 14.0. The predicted octanol–water partition coefficient (Wildman–Crippen LogP) is 10.7. The Morgan fingerprint density at radius 1 is 0.541 bits per heavy atom. The van der Waals surface area contributed by atoms with E-state index in [-0.39, 0.29) is 0 Å². The van der Waals surface area contributed by atoms with Gasteiger partial charge in [-0.25, -0.2) is 4.70 Å². The fraction of sp³-hybridized carbons (Fsp3) is 0.543. The molecule has 200 valence electrons. The number of hydrogen-bond acceptors (Lipinski definition) is 0. The largest absolute Gasteiger partial charge is 0.493 e. The highest BCUT2D eigenvalue weighted by Crippen LogP contribution is 2.43. The van der Waals surface area contributed by atoms with E-state index in [1.54, 1.807) is 4.70 Å². The van der Waals surface area contributed by atoms with Crippen LogP contribution in [0.4, 0.5) is 0 Å². The summed E-state index contributed by atoms with van der Waals surface area (Å²) >= 11 is 0. The van der Waals surface area contributed by atoms with Crippen LogP contribution in [-0.4, -0.2) is 4.70 Å². The van der Waals surface area contributed by atoms with Crippen LogP contribution < -0.4 is 0 Å². The van der Waals surface area contributed by atoms with Gasteiger partial charge in [-0.2, -0.15) is 0 Å². The van der Waals surface area contributed by atoms with Gasteiger partial charge in [-0.1, -0.05) is 78.9 Å². The highest BCUT2D eigenvalue weighted by Gasteiger charge is 2.34. The first kappa shape index (κ1) is 29.1. The Kier molecular flexibility index (Phi) is 11.4. The van der Waals surface area contributed by atoms with E-state index in [0.29, 0.717) is 0 Å². The van der Waals surface area contributed by atoms with Crippen molar-refractivity contribution in [1.82, 2.24) is 0 Å². The van der Waals surface area contributed by atoms with E-state index in [4.69, 9.17) is 0 Å². The van der Waals surface area contributed by atoms with E-state index in [1.165, 1.54) is 83.9 Å². The minimum atomic E-state index is 0.977. The fourth-order valence-electron chi connectivity index (χ4n) is 5.65. The summed E-state index contributed by atoms with van der Waals surface area (Å²) < 4.78 is 1.54. The summed E-state index contributed by atoms with van der Waals surface area (Å²) in [5.41, 5.74) is 24.2. The molecule has 1 aliphatic heterocycles. The molecule has 0 unspecified atom stereocenters. The highest BCUT2D eigenvalue weighted by molar-refractivity contribution is 5.82. The average Bonchev–Trinajstić information content (AvgIpc) is 3.16. The predicted molar refractivity (Wildman–Crippen MR) is 161 cm³/mol. The monoisotopic (exact) mass is 498 g/mol. The molecule has 3 rings (SSSR count). The molecule has 2 aromatic rings. The van der Waals surface area contributed by atoms with Gasteiger partial charge in [-0.3, -0.25) is 0 Å². The van der Waals surface area contributed by atoms with Crippen LogP contribution in [0.25, 0.3) is 16.9 Å². The maximum absolute atomic E-state index is 11.9. The molecule has 0 spiro atoms. The maximum atomic E-state index is 11.9. The van der Waals surface area contributed by atoms with E-state index < -0.39 is 0 Å². The van der Waals surface area contributed by atoms with E-state index in [9.17, 15) is 5.53 Å². The smallest absolute Gasteiger partial charge is 0.211 e. The second-order valence-electron chi connectivity index (χ2n) is 10.9. The summed E-state index contributed by atoms with van der Waals surface area (Å²) in [6.45, 7) is 13.5. The van der Waals surface area contributed by atoms with E-state index >= 15 is 0 Å². The molecule has 1 heterocycles. The molecule has 1 aliphatic rings. The Labute approximate surface area is 227 Å². The number of nitrogens with zero attached hydrogens (tertiary/aromatic N) is 2. The lowest BCUT2D eigenvalue weighted by atomic mass is 9.93. The molecular weight excluding hydrogens is 448 g/mol. The normalized spacial score (nSPS) is 13.8. The van der Waals surface area contributed by atoms with Crippen molar-refractivity contribution in [2.24, 2.45) is 0 Å². The first-order valence-electron chi connectivity index (χ1n) is 15.2. The van der Waals surface area contributed by atoms with Crippen molar-refractivity contribution in [3.8, 4) is 0 Å². The third-order valence-electron chi connectivity index (χ3n) is 7.90. The van der Waals surface area contributed by atoms with Crippen LogP contribution in [0.15, 0.2) is 47.5 Å². The van der Waals surface area contributed by atoms with Gasteiger partial charge in [-0.05, 0) is 105 Å². The Morgan fingerprint density at radius 3 is 1.51 bits per heavy atom. The number of unbranched alkanes of at least 4 members (excludes halogenated alkanes) is 5. The molecule has 0 aromatic heterocycles. The van der Waals surface area contributed by atoms with Crippen molar-refractivity contribution in [3.63, 3.8) is 0 Å². The number of hydrogen-bond donors (Lipinski definition) is 0. The van der Waals surface area contributed by atoms with E-state index in [2.05, 4.69) is 77.9 Å². The Morgan fingerprint density at radius 2 is 1.03 bits per heavy atom. The summed E-state index contributed by atoms with van der Waals surface area (Å²) in [6.07, 6.45) is 14.9. The molecule has 0 bridgehead atoms. The van der Waals surface area contributed by atoms with Gasteiger partial charge in [0, 0.05) is 22.3 Å². The third-order valence-corrected chi connectivity index (χ3v) is 7.90. The summed E-state index contributed by atoms with van der Waals surface area (Å²) in [7, 11) is 0. The molecule has 0 radical (unpaired) electrons. The van der Waals surface area contributed by atoms with Gasteiger partial charge in [0.25, 0.3) is 0 Å². The van der Waals surface area contributed by atoms with Crippen LogP contribution in [-0.2, 0) is 25.7 Å². The number of aryl methyl sites for hydroxylation is 4. The minimum Gasteiger partial charge on any atom is -0.493 e. The van der Waals surface area contributed by atoms with Crippen molar-refractivity contribution in [1.29, 1.82) is 0 Å². The molecule has 0 atom stereocenters. The maximum Gasteiger partial charge on any atom is 0.211 e. The molecule has 2 heteroatoms. The van der Waals surface area contributed by atoms with Gasteiger partial charge < -0.3 is 5.53 Å². The topological polar surface area (TPSA) is 25.3 Å². The Hall–Kier alpha value is -2.48. The highest BCUT2D eigenvalue weighted by atomic mass is 15.2. The molecule has 0 aliphatic carbocycles. The minimum absolute atomic E-state index is 0.977. The first-order valence-corrected chi connectivity index (χ1v) is 15.2. The van der Waals surface area contributed by atoms with Gasteiger partial charge in [-0.15, -0.1) is 0 Å². The van der Waals surface area contributed by atoms with Crippen molar-refractivity contribution in [3.05, 3.63) is 86.5 Å². The van der Waals surface area contributed by atoms with E-state index in [1.807, 2.05) is 0 Å². The zero-order chi connectivity index (χ0) is 26.8. The molecule has 2 nitrogen and oxygen atoms in total. The van der Waals surface area contributed by atoms with Crippen LogP contribution in [0.1, 0.15) is 133 Å². The third kappa shape index (κ3) is 7.30. The lowest BCUT2D eigenvalue weighted by Gasteiger charge is -2.14. The van der Waals surface area contributed by atoms with Crippen molar-refractivity contribution in [2.45, 2.75) is 125 Å². The molecule has 0 saturated carbocycles. The SMILES string of the molecule is CCCCCCC1=C(c2cc(CC)cc(CCCC)c2)[N+](=[N-])C(c2cc(CC)cc(CCCC)c2)=C1C. The summed E-state index contributed by atoms with van der Waals surface area (Å²) in [5, 5.41) is 0. The fourth-order valence-corrected chi connectivity index (χ4v) is 5.65. The van der Waals surface area contributed by atoms with Crippen molar-refractivity contribution >= 4 is 11.4 Å². The van der Waals surface area contributed by atoms with Crippen molar-refractivity contribution < 1.29 is 4.70 Å². The molecule has 0 saturated heterocycles. The summed E-state index contributed by atoms with van der Waals surface area (Å²) in [4.78, 5) is 0. The standard InChI is InChI=1S/C35H50N2/c1-7-12-15-16-19-33-26(6)34(31-22-27(10-4)20-29(24-31)17-13-8-2)37(36)35(33)32-23-28(11-5)21-30(25-32)18-14-9-3/h20-25H,7-19H2,1-6H3. The number of benzene rings is 2. The molecule has 0 fully saturated rings. The Bertz CT molecular complexity index is 1130. The second-order valence-corrected chi connectivity index (χ2v) is 10.9. The van der Waals surface area contributed by atoms with Gasteiger partial charge in [0.15, 0.2) is 0 Å². The number of rotatable bonds is 15. The first-order chi connectivity index (χ1) is 18.0. The van der Waals surface area contributed by atoms with Crippen LogP contribution >= 0.6 is 0 Å². The van der Waals surface area contributed by atoms with E-state index in [0.717, 1.165) is 55.5 Å². The van der Waals surface area contributed by atoms with Crippen LogP contribution in [0, 0.1) is 0 Å². The van der Waals surface area contributed by atoms with Crippen molar-refractivity contribution in [2.75, 3.05) is 0 Å². The molecule has 0 amide bonds. The molecule has 0 N–H and O–H groups in total. The van der Waals surface area contributed by atoms with Gasteiger partial charge in [0.2, 0.25) is 11.4 Å².